The molecule has 0 bridgehead atoms. The van der Waals surface area contributed by atoms with Crippen LogP contribution in [0.2, 0.25) is 0 Å². The Morgan fingerprint density at radius 3 is 2.23 bits per heavy atom. The van der Waals surface area contributed by atoms with Crippen molar-refractivity contribution in [2.24, 2.45) is 5.18 Å². The molecular formula is C18H17N7O. The summed E-state index contributed by atoms with van der Waals surface area (Å²) in [4.78, 5) is 24.1. The van der Waals surface area contributed by atoms with Crippen molar-refractivity contribution in [2.45, 2.75) is 0 Å². The molecule has 1 aromatic carbocycles. The summed E-state index contributed by atoms with van der Waals surface area (Å²) < 4.78 is 0. The fraction of sp³-hybridized carbons (Fsp3) is 0.222. The molecule has 3 heterocycles. The lowest BCUT2D eigenvalue weighted by atomic mass is 10.1. The second-order valence-electron chi connectivity index (χ2n) is 5.92. The standard InChI is InChI=1S/C18H17N7O/c26-23-15-13-16(21-22-17(15)14-5-2-1-3-6-14)24-9-11-25(12-10-24)18-19-7-4-8-20-18/h1-8,13H,9-12H2. The molecule has 0 atom stereocenters. The lowest BCUT2D eigenvalue weighted by Crippen LogP contribution is -2.47. The lowest BCUT2D eigenvalue weighted by molar-refractivity contribution is 0.631. The number of rotatable bonds is 4. The number of aromatic nitrogens is 4. The summed E-state index contributed by atoms with van der Waals surface area (Å²) in [6.45, 7) is 3.04. The van der Waals surface area contributed by atoms with Gasteiger partial charge in [0.15, 0.2) is 5.82 Å². The third-order valence-electron chi connectivity index (χ3n) is 4.35. The Hall–Kier alpha value is -3.42. The van der Waals surface area contributed by atoms with E-state index in [4.69, 9.17) is 0 Å². The predicted octanol–water partition coefficient (Wildman–Crippen LogP) is 2.66. The molecule has 0 N–H and O–H groups in total. The van der Waals surface area contributed by atoms with Gasteiger partial charge in [-0.3, -0.25) is 0 Å². The summed E-state index contributed by atoms with van der Waals surface area (Å²) in [5, 5.41) is 11.7. The quantitative estimate of drug-likeness (QED) is 0.670. The van der Waals surface area contributed by atoms with Crippen molar-refractivity contribution in [2.75, 3.05) is 36.0 Å². The molecule has 0 unspecified atom stereocenters. The zero-order valence-corrected chi connectivity index (χ0v) is 14.1. The SMILES string of the molecule is O=Nc1cc(N2CCN(c3ncccn3)CC2)nnc1-c1ccccc1. The van der Waals surface area contributed by atoms with Gasteiger partial charge in [-0.15, -0.1) is 15.1 Å². The molecule has 0 aliphatic carbocycles. The van der Waals surface area contributed by atoms with Crippen LogP contribution in [0.1, 0.15) is 0 Å². The first-order chi connectivity index (χ1) is 12.8. The van der Waals surface area contributed by atoms with Crippen molar-refractivity contribution in [1.29, 1.82) is 0 Å². The Bertz CT molecular complexity index is 881. The van der Waals surface area contributed by atoms with E-state index in [1.54, 1.807) is 24.5 Å². The lowest BCUT2D eigenvalue weighted by Gasteiger charge is -2.35. The first-order valence-electron chi connectivity index (χ1n) is 8.38. The van der Waals surface area contributed by atoms with Crippen LogP contribution in [0.4, 0.5) is 17.5 Å². The van der Waals surface area contributed by atoms with E-state index in [1.165, 1.54) is 0 Å². The van der Waals surface area contributed by atoms with Crippen LogP contribution in [0.15, 0.2) is 60.0 Å². The van der Waals surface area contributed by atoms with Crippen LogP contribution in [0.25, 0.3) is 11.3 Å². The van der Waals surface area contributed by atoms with Crippen LogP contribution in [-0.2, 0) is 0 Å². The topological polar surface area (TPSA) is 87.5 Å². The smallest absolute Gasteiger partial charge is 0.225 e. The highest BCUT2D eigenvalue weighted by atomic mass is 16.3. The molecule has 2 aromatic heterocycles. The van der Waals surface area contributed by atoms with Crippen molar-refractivity contribution < 1.29 is 0 Å². The molecular weight excluding hydrogens is 330 g/mol. The van der Waals surface area contributed by atoms with Gasteiger partial charge in [0.1, 0.15) is 11.4 Å². The Morgan fingerprint density at radius 2 is 1.54 bits per heavy atom. The Balaban J connectivity index is 1.51. The van der Waals surface area contributed by atoms with Crippen molar-refractivity contribution in [3.63, 3.8) is 0 Å². The number of benzene rings is 1. The van der Waals surface area contributed by atoms with Crippen LogP contribution < -0.4 is 9.80 Å². The second-order valence-corrected chi connectivity index (χ2v) is 5.92. The molecule has 1 aliphatic heterocycles. The Morgan fingerprint density at radius 1 is 0.846 bits per heavy atom. The number of nitroso groups, excluding NO2 is 1. The number of anilines is 2. The van der Waals surface area contributed by atoms with Gasteiger partial charge in [0, 0.05) is 50.2 Å². The normalized spacial score (nSPS) is 14.3. The summed E-state index contributed by atoms with van der Waals surface area (Å²) >= 11 is 0. The highest BCUT2D eigenvalue weighted by Crippen LogP contribution is 2.30. The maximum absolute atomic E-state index is 11.3. The molecule has 4 rings (SSSR count). The molecule has 8 heteroatoms. The van der Waals surface area contributed by atoms with Gasteiger partial charge in [0.05, 0.1) is 0 Å². The van der Waals surface area contributed by atoms with Crippen LogP contribution in [0, 0.1) is 4.91 Å². The molecule has 8 nitrogen and oxygen atoms in total. The van der Waals surface area contributed by atoms with Crippen LogP contribution in [-0.4, -0.2) is 46.3 Å². The molecule has 1 fully saturated rings. The molecule has 26 heavy (non-hydrogen) atoms. The zero-order valence-electron chi connectivity index (χ0n) is 14.1. The maximum atomic E-state index is 11.3. The van der Waals surface area contributed by atoms with Gasteiger partial charge in [0.25, 0.3) is 0 Å². The molecule has 1 saturated heterocycles. The van der Waals surface area contributed by atoms with Gasteiger partial charge in [-0.25, -0.2) is 9.97 Å². The van der Waals surface area contributed by atoms with E-state index in [0.29, 0.717) is 17.2 Å². The Labute approximate surface area is 150 Å². The average Bonchev–Trinajstić information content (AvgIpc) is 2.74. The molecule has 0 radical (unpaired) electrons. The number of nitrogens with zero attached hydrogens (tertiary/aromatic N) is 7. The van der Waals surface area contributed by atoms with Gasteiger partial charge in [-0.05, 0) is 11.2 Å². The van der Waals surface area contributed by atoms with Gasteiger partial charge in [-0.2, -0.15) is 0 Å². The third kappa shape index (κ3) is 3.21. The van der Waals surface area contributed by atoms with Crippen LogP contribution >= 0.6 is 0 Å². The number of piperazine rings is 1. The van der Waals surface area contributed by atoms with Crippen LogP contribution in [0.3, 0.4) is 0 Å². The molecule has 0 spiro atoms. The van der Waals surface area contributed by atoms with Crippen molar-refractivity contribution >= 4 is 17.5 Å². The van der Waals surface area contributed by atoms with E-state index in [2.05, 4.69) is 35.1 Å². The monoisotopic (exact) mass is 347 g/mol. The van der Waals surface area contributed by atoms with Gasteiger partial charge in [0.2, 0.25) is 5.95 Å². The van der Waals surface area contributed by atoms with Crippen molar-refractivity contribution in [3.05, 3.63) is 59.8 Å². The highest BCUT2D eigenvalue weighted by Gasteiger charge is 2.21. The average molecular weight is 347 g/mol. The number of hydrogen-bond acceptors (Lipinski definition) is 8. The predicted molar refractivity (Wildman–Crippen MR) is 99.4 cm³/mol. The van der Waals surface area contributed by atoms with Crippen LogP contribution in [0.5, 0.6) is 0 Å². The summed E-state index contributed by atoms with van der Waals surface area (Å²) in [6, 6.07) is 13.0. The van der Waals surface area contributed by atoms with Gasteiger partial charge < -0.3 is 9.80 Å². The fourth-order valence-corrected chi connectivity index (χ4v) is 2.99. The van der Waals surface area contributed by atoms with E-state index < -0.39 is 0 Å². The maximum Gasteiger partial charge on any atom is 0.225 e. The van der Waals surface area contributed by atoms with Crippen molar-refractivity contribution in [1.82, 2.24) is 20.2 Å². The largest absolute Gasteiger partial charge is 0.352 e. The minimum atomic E-state index is 0.301. The van der Waals surface area contributed by atoms with E-state index in [0.717, 1.165) is 37.7 Å². The fourth-order valence-electron chi connectivity index (χ4n) is 2.99. The van der Waals surface area contributed by atoms with E-state index in [1.807, 2.05) is 30.3 Å². The highest BCUT2D eigenvalue weighted by molar-refractivity contribution is 5.73. The second kappa shape index (κ2) is 7.22. The van der Waals surface area contributed by atoms with E-state index in [-0.39, 0.29) is 0 Å². The molecule has 3 aromatic rings. The Kier molecular flexibility index (Phi) is 4.46. The third-order valence-corrected chi connectivity index (χ3v) is 4.35. The summed E-state index contributed by atoms with van der Waals surface area (Å²) in [7, 11) is 0. The summed E-state index contributed by atoms with van der Waals surface area (Å²) in [5.74, 6) is 1.39. The minimum Gasteiger partial charge on any atom is -0.352 e. The van der Waals surface area contributed by atoms with Gasteiger partial charge >= 0.3 is 0 Å². The van der Waals surface area contributed by atoms with E-state index in [9.17, 15) is 4.91 Å². The summed E-state index contributed by atoms with van der Waals surface area (Å²) in [6.07, 6.45) is 3.48. The first-order valence-corrected chi connectivity index (χ1v) is 8.38. The minimum absolute atomic E-state index is 0.301. The molecule has 0 amide bonds. The number of hydrogen-bond donors (Lipinski definition) is 0. The van der Waals surface area contributed by atoms with Crippen molar-refractivity contribution in [3.8, 4) is 11.3 Å². The molecule has 0 saturated carbocycles. The summed E-state index contributed by atoms with van der Waals surface area (Å²) in [5.41, 5.74) is 1.63. The van der Waals surface area contributed by atoms with E-state index >= 15 is 0 Å². The first kappa shape index (κ1) is 16.1. The zero-order chi connectivity index (χ0) is 17.8. The molecule has 130 valence electrons. The molecule has 1 aliphatic rings. The van der Waals surface area contributed by atoms with Gasteiger partial charge in [-0.1, -0.05) is 30.3 Å².